The van der Waals surface area contributed by atoms with Gasteiger partial charge < -0.3 is 24.0 Å². The fourth-order valence-electron chi connectivity index (χ4n) is 7.95. The van der Waals surface area contributed by atoms with Gasteiger partial charge in [-0.05, 0) is 93.6 Å². The van der Waals surface area contributed by atoms with Gasteiger partial charge in [-0.15, -0.1) is 0 Å². The van der Waals surface area contributed by atoms with Crippen LogP contribution in [0.25, 0.3) is 22.2 Å². The number of alkyl halides is 3. The second-order valence-electron chi connectivity index (χ2n) is 16.3. The quantitative estimate of drug-likeness (QED) is 0.0985. The maximum absolute atomic E-state index is 17.4. The van der Waals surface area contributed by atoms with Crippen LogP contribution in [0.3, 0.4) is 0 Å². The highest BCUT2D eigenvalue weighted by atomic mass is 35.5. The number of sulfone groups is 1. The maximum atomic E-state index is 17.4. The van der Waals surface area contributed by atoms with E-state index in [9.17, 15) is 13.2 Å². The first-order chi connectivity index (χ1) is 28.6. The Morgan fingerprint density at radius 1 is 0.885 bits per heavy atom. The number of hydrogen-bond acceptors (Lipinski definition) is 11. The van der Waals surface area contributed by atoms with Crippen molar-refractivity contribution in [2.24, 2.45) is 0 Å². The lowest BCUT2D eigenvalue weighted by Crippen LogP contribution is -2.57. The molecule has 2 aliphatic rings. The zero-order chi connectivity index (χ0) is 44.2. The van der Waals surface area contributed by atoms with Crippen LogP contribution in [0.4, 0.5) is 34.0 Å². The third-order valence-electron chi connectivity index (χ3n) is 10.7. The van der Waals surface area contributed by atoms with Crippen LogP contribution in [0.2, 0.25) is 5.02 Å². The maximum Gasteiger partial charge on any atom is 0.418 e. The third-order valence-corrected chi connectivity index (χ3v) is 11.8. The van der Waals surface area contributed by atoms with E-state index in [-0.39, 0.29) is 60.8 Å². The molecule has 2 saturated heterocycles. The van der Waals surface area contributed by atoms with Gasteiger partial charge in [0.05, 0.1) is 48.1 Å². The van der Waals surface area contributed by atoms with E-state index in [0.717, 1.165) is 17.4 Å². The number of carbonyl (C=O) groups excluding carboxylic acids is 1. The van der Waals surface area contributed by atoms with Crippen molar-refractivity contribution in [1.29, 1.82) is 0 Å². The Bertz CT molecular complexity index is 2530. The molecule has 61 heavy (non-hydrogen) atoms. The van der Waals surface area contributed by atoms with Gasteiger partial charge >= 0.3 is 12.3 Å². The van der Waals surface area contributed by atoms with E-state index < -0.39 is 66.0 Å². The van der Waals surface area contributed by atoms with Gasteiger partial charge in [0.1, 0.15) is 34.3 Å². The van der Waals surface area contributed by atoms with E-state index in [1.807, 2.05) is 24.3 Å². The average molecular weight is 885 g/mol. The molecule has 2 aromatic heterocycles. The van der Waals surface area contributed by atoms with Crippen molar-refractivity contribution in [2.45, 2.75) is 82.6 Å². The molecule has 0 saturated carbocycles. The number of halogens is 5. The topological polar surface area (TPSA) is 127 Å². The molecule has 12 nitrogen and oxygen atoms in total. The second-order valence-corrected chi connectivity index (χ2v) is 18.6. The summed E-state index contributed by atoms with van der Waals surface area (Å²) in [5.41, 5.74) is -2.72. The summed E-state index contributed by atoms with van der Waals surface area (Å²) >= 11 is 6.86. The van der Waals surface area contributed by atoms with Gasteiger partial charge in [0.25, 0.3) is 0 Å². The van der Waals surface area contributed by atoms with Crippen LogP contribution in [0.1, 0.15) is 55.9 Å². The van der Waals surface area contributed by atoms with Crippen LogP contribution in [0.5, 0.6) is 11.5 Å². The highest BCUT2D eigenvalue weighted by Crippen LogP contribution is 2.46. The molecular formula is C43H45ClF4N6O6S. The van der Waals surface area contributed by atoms with E-state index in [2.05, 4.69) is 15.0 Å². The van der Waals surface area contributed by atoms with Crippen molar-refractivity contribution in [1.82, 2.24) is 19.9 Å². The average Bonchev–Trinajstić information content (AvgIpc) is 3.45. The molecule has 3 aromatic carbocycles. The predicted octanol–water partition coefficient (Wildman–Crippen LogP) is 9.03. The largest absolute Gasteiger partial charge is 0.497 e. The number of anilines is 2. The van der Waals surface area contributed by atoms with E-state index in [1.165, 1.54) is 33.3 Å². The molecule has 2 bridgehead atoms. The van der Waals surface area contributed by atoms with Crippen molar-refractivity contribution < 1.29 is 45.0 Å². The molecule has 2 fully saturated rings. The molecule has 0 N–H and O–H groups in total. The van der Waals surface area contributed by atoms with Crippen molar-refractivity contribution in [3.8, 4) is 22.8 Å². The van der Waals surface area contributed by atoms with Gasteiger partial charge in [0.15, 0.2) is 5.82 Å². The number of pyridine rings is 1. The number of nitrogens with zero attached hydrogens (tertiary/aromatic N) is 6. The number of piperazine rings is 1. The molecule has 7 rings (SSSR count). The lowest BCUT2D eigenvalue weighted by Gasteiger charge is -2.42. The fourth-order valence-corrected chi connectivity index (χ4v) is 8.74. The monoisotopic (exact) mass is 884 g/mol. The number of rotatable bonds is 10. The Morgan fingerprint density at radius 3 is 1.90 bits per heavy atom. The lowest BCUT2D eigenvalue weighted by molar-refractivity contribution is -0.137. The number of aryl methyl sites for hydroxylation is 1. The van der Waals surface area contributed by atoms with Gasteiger partial charge in [-0.1, -0.05) is 35.9 Å². The van der Waals surface area contributed by atoms with Crippen molar-refractivity contribution in [2.75, 3.05) is 43.4 Å². The van der Waals surface area contributed by atoms with Gasteiger partial charge in [0, 0.05) is 37.8 Å². The van der Waals surface area contributed by atoms with Crippen LogP contribution in [-0.4, -0.2) is 85.6 Å². The van der Waals surface area contributed by atoms with Gasteiger partial charge in [-0.2, -0.15) is 13.2 Å². The SMILES string of the molecule is COc1ccc(CN(Cc2ccc(OC)cc2)c2cc(C)c(C(F)(F)F)c(-c3c(Cl)cc4c(N5C[C@H]6CC[C@@H](C5)N6C(=O)OC(C)(C)C)nc(S(C)(=O)=O)nc4c3F)n2)cc1. The highest BCUT2D eigenvalue weighted by molar-refractivity contribution is 7.90. The first kappa shape index (κ1) is 43.7. The summed E-state index contributed by atoms with van der Waals surface area (Å²) in [5.74, 6) is 0.00909. The zero-order valence-corrected chi connectivity index (χ0v) is 36.2. The minimum absolute atomic E-state index is 0.0117. The number of carbonyl (C=O) groups is 1. The Balaban J connectivity index is 1.38. The molecule has 1 amide bonds. The highest BCUT2D eigenvalue weighted by Gasteiger charge is 2.45. The number of fused-ring (bicyclic) bond motifs is 3. The summed E-state index contributed by atoms with van der Waals surface area (Å²) in [6, 6.07) is 16.1. The van der Waals surface area contributed by atoms with Gasteiger partial charge in [-0.3, -0.25) is 4.90 Å². The summed E-state index contributed by atoms with van der Waals surface area (Å²) in [6.07, 6.45) is -3.41. The minimum Gasteiger partial charge on any atom is -0.497 e. The minimum atomic E-state index is -5.02. The predicted molar refractivity (Wildman–Crippen MR) is 224 cm³/mol. The molecule has 0 spiro atoms. The van der Waals surface area contributed by atoms with Crippen LogP contribution < -0.4 is 19.3 Å². The summed E-state index contributed by atoms with van der Waals surface area (Å²) in [5, 5.41) is -1.18. The Morgan fingerprint density at radius 2 is 1.43 bits per heavy atom. The van der Waals surface area contributed by atoms with Crippen LogP contribution >= 0.6 is 11.6 Å². The number of aromatic nitrogens is 3. The first-order valence-electron chi connectivity index (χ1n) is 19.4. The molecule has 0 radical (unpaired) electrons. The van der Waals surface area contributed by atoms with Gasteiger partial charge in [-0.25, -0.2) is 32.6 Å². The molecule has 5 aromatic rings. The molecule has 2 atom stereocenters. The first-order valence-corrected chi connectivity index (χ1v) is 21.7. The standard InChI is InChI=1S/C43H45ClF4N6O6S/c1-24-18-33(52(20-25-8-14-29(58-5)15-9-25)21-26-10-16-30(59-6)17-11-26)49-38(35(24)43(46,47)48)34-32(44)19-31-37(36(34)45)50-40(61(7,56)57)51-39(31)53-22-27-12-13-28(23-53)54(27)41(55)60-42(2,3)4/h8-11,14-19,27-28H,12-13,20-23H2,1-7H3/t27-,28+. The number of methoxy groups -OCH3 is 2. The van der Waals surface area contributed by atoms with E-state index >= 15 is 17.6 Å². The number of amides is 1. The van der Waals surface area contributed by atoms with Crippen LogP contribution in [0.15, 0.2) is 65.8 Å². The van der Waals surface area contributed by atoms with E-state index in [1.54, 1.807) is 59.7 Å². The number of ether oxygens (including phenoxy) is 3. The van der Waals surface area contributed by atoms with Crippen molar-refractivity contribution in [3.63, 3.8) is 0 Å². The van der Waals surface area contributed by atoms with Crippen molar-refractivity contribution in [3.05, 3.63) is 93.8 Å². The zero-order valence-electron chi connectivity index (χ0n) is 34.6. The van der Waals surface area contributed by atoms with Gasteiger partial charge in [0.2, 0.25) is 15.0 Å². The molecule has 0 unspecified atom stereocenters. The van der Waals surface area contributed by atoms with Crippen LogP contribution in [0, 0.1) is 12.7 Å². The normalized spacial score (nSPS) is 16.9. The number of hydrogen-bond donors (Lipinski definition) is 0. The fraction of sp³-hybridized carbons (Fsp3) is 0.395. The van der Waals surface area contributed by atoms with E-state index in [0.29, 0.717) is 24.3 Å². The summed E-state index contributed by atoms with van der Waals surface area (Å²) in [7, 11) is -1.12. The van der Waals surface area contributed by atoms with Crippen molar-refractivity contribution >= 4 is 50.1 Å². The molecule has 324 valence electrons. The second kappa shape index (κ2) is 16.5. The summed E-state index contributed by atoms with van der Waals surface area (Å²) in [4.78, 5) is 31.4. The summed E-state index contributed by atoms with van der Waals surface area (Å²) < 4.78 is 105. The Hall–Kier alpha value is -5.42. The Kier molecular flexibility index (Phi) is 11.8. The Labute approximate surface area is 356 Å². The molecule has 4 heterocycles. The lowest BCUT2D eigenvalue weighted by atomic mass is 9.98. The van der Waals surface area contributed by atoms with E-state index in [4.69, 9.17) is 25.8 Å². The molecule has 0 aliphatic carbocycles. The smallest absolute Gasteiger partial charge is 0.418 e. The summed E-state index contributed by atoms with van der Waals surface area (Å²) in [6.45, 7) is 7.29. The van der Waals surface area contributed by atoms with Crippen LogP contribution in [-0.2, 0) is 33.8 Å². The molecule has 2 aliphatic heterocycles. The third kappa shape index (κ3) is 9.13. The number of benzene rings is 3. The molecular weight excluding hydrogens is 840 g/mol. The molecule has 18 heteroatoms.